The van der Waals surface area contributed by atoms with Crippen molar-refractivity contribution in [3.63, 3.8) is 0 Å². The van der Waals surface area contributed by atoms with Crippen molar-refractivity contribution in [1.29, 1.82) is 0 Å². The van der Waals surface area contributed by atoms with Crippen LogP contribution in [0.2, 0.25) is 0 Å². The molecule has 0 bridgehead atoms. The van der Waals surface area contributed by atoms with Crippen molar-refractivity contribution in [3.8, 4) is 5.75 Å². The molecule has 0 heterocycles. The van der Waals surface area contributed by atoms with Gasteiger partial charge in [-0.15, -0.1) is 0 Å². The first kappa shape index (κ1) is 17.4. The monoisotopic (exact) mass is 356 g/mol. The first-order chi connectivity index (χ1) is 12.0. The first-order valence-corrected chi connectivity index (χ1v) is 9.69. The molecule has 3 rings (SSSR count). The van der Waals surface area contributed by atoms with Crippen molar-refractivity contribution in [3.05, 3.63) is 71.6 Å². The zero-order valence-corrected chi connectivity index (χ0v) is 14.8. The summed E-state index contributed by atoms with van der Waals surface area (Å²) in [6, 6.07) is 17.5. The number of rotatable bonds is 5. The molecule has 1 aliphatic rings. The van der Waals surface area contributed by atoms with Gasteiger partial charge in [0.1, 0.15) is 11.5 Å². The summed E-state index contributed by atoms with van der Waals surface area (Å²) in [6.07, 6.45) is 1.75. The lowest BCUT2D eigenvalue weighted by molar-refractivity contribution is -0.122. The summed E-state index contributed by atoms with van der Waals surface area (Å²) in [6.45, 7) is 1.89. The van der Waals surface area contributed by atoms with E-state index in [1.807, 2.05) is 30.3 Å². The normalized spacial score (nSPS) is 20.8. The SMILES string of the molecule is CC1C=C(S(=O)(=O)c2ccccc2)C(COc2ccccc2)CC1=O. The smallest absolute Gasteiger partial charge is 0.202 e. The van der Waals surface area contributed by atoms with Crippen LogP contribution in [0.5, 0.6) is 5.75 Å². The van der Waals surface area contributed by atoms with E-state index in [4.69, 9.17) is 4.74 Å². The summed E-state index contributed by atoms with van der Waals surface area (Å²) >= 11 is 0. The molecule has 2 atom stereocenters. The highest BCUT2D eigenvalue weighted by atomic mass is 32.2. The molecule has 2 aromatic rings. The molecule has 25 heavy (non-hydrogen) atoms. The Morgan fingerprint density at radius 2 is 1.60 bits per heavy atom. The lowest BCUT2D eigenvalue weighted by Gasteiger charge is -2.26. The largest absolute Gasteiger partial charge is 0.493 e. The predicted octanol–water partition coefficient (Wildman–Crippen LogP) is 3.65. The van der Waals surface area contributed by atoms with Gasteiger partial charge in [-0.1, -0.05) is 49.4 Å². The Bertz CT molecular complexity index is 870. The van der Waals surface area contributed by atoms with E-state index >= 15 is 0 Å². The maximum absolute atomic E-state index is 13.0. The summed E-state index contributed by atoms with van der Waals surface area (Å²) in [5.41, 5.74) is 0. The van der Waals surface area contributed by atoms with Gasteiger partial charge in [-0.3, -0.25) is 4.79 Å². The Hall–Kier alpha value is -2.40. The Balaban J connectivity index is 1.90. The molecule has 1 aliphatic carbocycles. The third-order valence-corrected chi connectivity index (χ3v) is 6.31. The highest BCUT2D eigenvalue weighted by Crippen LogP contribution is 2.34. The molecule has 4 nitrogen and oxygen atoms in total. The molecule has 0 aromatic heterocycles. The van der Waals surface area contributed by atoms with E-state index in [2.05, 4.69) is 0 Å². The standard InChI is InChI=1S/C20H20O4S/c1-15-12-20(25(22,23)18-10-6-3-7-11-18)16(13-19(15)21)14-24-17-8-4-2-5-9-17/h2-12,15-16H,13-14H2,1H3. The lowest BCUT2D eigenvalue weighted by Crippen LogP contribution is -2.30. The summed E-state index contributed by atoms with van der Waals surface area (Å²) in [4.78, 5) is 12.7. The molecule has 2 unspecified atom stereocenters. The number of carbonyl (C=O) groups is 1. The van der Waals surface area contributed by atoms with Crippen LogP contribution in [0.25, 0.3) is 0 Å². The number of para-hydroxylation sites is 1. The van der Waals surface area contributed by atoms with Crippen molar-refractivity contribution in [2.45, 2.75) is 18.2 Å². The average molecular weight is 356 g/mol. The van der Waals surface area contributed by atoms with Gasteiger partial charge in [0.05, 0.1) is 16.4 Å². The quantitative estimate of drug-likeness (QED) is 0.820. The number of Topliss-reactive ketones (excluding diaryl/α,β-unsaturated/α-hetero) is 1. The topological polar surface area (TPSA) is 60.4 Å². The summed E-state index contributed by atoms with van der Waals surface area (Å²) in [7, 11) is -3.64. The van der Waals surface area contributed by atoms with Gasteiger partial charge < -0.3 is 4.74 Å². The van der Waals surface area contributed by atoms with E-state index < -0.39 is 21.7 Å². The van der Waals surface area contributed by atoms with Gasteiger partial charge in [0, 0.05) is 18.3 Å². The third kappa shape index (κ3) is 3.82. The van der Waals surface area contributed by atoms with Gasteiger partial charge in [-0.25, -0.2) is 8.42 Å². The zero-order valence-electron chi connectivity index (χ0n) is 14.0. The van der Waals surface area contributed by atoms with Gasteiger partial charge in [0.2, 0.25) is 9.84 Å². The van der Waals surface area contributed by atoms with E-state index in [1.165, 1.54) is 0 Å². The molecule has 0 fully saturated rings. The van der Waals surface area contributed by atoms with Crippen LogP contribution in [-0.2, 0) is 14.6 Å². The van der Waals surface area contributed by atoms with Gasteiger partial charge >= 0.3 is 0 Å². The highest BCUT2D eigenvalue weighted by Gasteiger charge is 2.35. The highest BCUT2D eigenvalue weighted by molar-refractivity contribution is 7.95. The number of allylic oxidation sites excluding steroid dienone is 1. The van der Waals surface area contributed by atoms with Crippen LogP contribution in [0, 0.1) is 11.8 Å². The van der Waals surface area contributed by atoms with E-state index in [-0.39, 0.29) is 28.6 Å². The number of hydrogen-bond donors (Lipinski definition) is 0. The van der Waals surface area contributed by atoms with Crippen LogP contribution in [-0.4, -0.2) is 20.8 Å². The molecule has 0 saturated carbocycles. The Morgan fingerprint density at radius 1 is 1.00 bits per heavy atom. The molecule has 0 amide bonds. The van der Waals surface area contributed by atoms with Crippen LogP contribution < -0.4 is 4.74 Å². The fourth-order valence-electron chi connectivity index (χ4n) is 2.90. The summed E-state index contributed by atoms with van der Waals surface area (Å²) in [5, 5.41) is 0. The second kappa shape index (κ2) is 7.23. The van der Waals surface area contributed by atoms with Crippen LogP contribution in [0.1, 0.15) is 13.3 Å². The van der Waals surface area contributed by atoms with Crippen LogP contribution in [0.3, 0.4) is 0 Å². The van der Waals surface area contributed by atoms with E-state index in [1.54, 1.807) is 43.3 Å². The van der Waals surface area contributed by atoms with Crippen molar-refractivity contribution >= 4 is 15.6 Å². The van der Waals surface area contributed by atoms with Gasteiger partial charge in [0.15, 0.2) is 0 Å². The molecule has 5 heteroatoms. The fourth-order valence-corrected chi connectivity index (χ4v) is 4.67. The van der Waals surface area contributed by atoms with Crippen molar-refractivity contribution in [2.75, 3.05) is 6.61 Å². The van der Waals surface area contributed by atoms with Crippen molar-refractivity contribution < 1.29 is 17.9 Å². The Labute approximate surface area is 148 Å². The molecule has 2 aromatic carbocycles. The molecule has 130 valence electrons. The van der Waals surface area contributed by atoms with Gasteiger partial charge in [0.25, 0.3) is 0 Å². The summed E-state index contributed by atoms with van der Waals surface area (Å²) in [5.74, 6) is -0.186. The van der Waals surface area contributed by atoms with Crippen LogP contribution in [0.4, 0.5) is 0 Å². The Kier molecular flexibility index (Phi) is 5.04. The second-order valence-electron chi connectivity index (χ2n) is 6.17. The fraction of sp³-hybridized carbons (Fsp3) is 0.250. The van der Waals surface area contributed by atoms with Gasteiger partial charge in [-0.2, -0.15) is 0 Å². The van der Waals surface area contributed by atoms with E-state index in [9.17, 15) is 13.2 Å². The number of hydrogen-bond acceptors (Lipinski definition) is 4. The summed E-state index contributed by atoms with van der Waals surface area (Å²) < 4.78 is 31.8. The molecule has 0 spiro atoms. The number of sulfone groups is 1. The second-order valence-corrected chi connectivity index (χ2v) is 8.12. The molecule has 0 radical (unpaired) electrons. The number of carbonyl (C=O) groups excluding carboxylic acids is 1. The lowest BCUT2D eigenvalue weighted by atomic mass is 9.88. The molecule has 0 saturated heterocycles. The average Bonchev–Trinajstić information content (AvgIpc) is 2.64. The number of benzene rings is 2. The minimum absolute atomic E-state index is 0.0358. The molecule has 0 N–H and O–H groups in total. The van der Waals surface area contributed by atoms with E-state index in [0.29, 0.717) is 5.75 Å². The van der Waals surface area contributed by atoms with Crippen molar-refractivity contribution in [2.24, 2.45) is 11.8 Å². The first-order valence-electron chi connectivity index (χ1n) is 8.21. The minimum atomic E-state index is -3.64. The maximum Gasteiger partial charge on any atom is 0.202 e. The molecular formula is C20H20O4S. The predicted molar refractivity (Wildman–Crippen MR) is 95.9 cm³/mol. The third-order valence-electron chi connectivity index (χ3n) is 4.33. The van der Waals surface area contributed by atoms with Crippen molar-refractivity contribution in [1.82, 2.24) is 0 Å². The van der Waals surface area contributed by atoms with Crippen LogP contribution >= 0.6 is 0 Å². The molecular weight excluding hydrogens is 336 g/mol. The Morgan fingerprint density at radius 3 is 2.24 bits per heavy atom. The van der Waals surface area contributed by atoms with Crippen LogP contribution in [0.15, 0.2) is 76.5 Å². The van der Waals surface area contributed by atoms with E-state index in [0.717, 1.165) is 0 Å². The maximum atomic E-state index is 13.0. The number of ether oxygens (including phenoxy) is 1. The molecule has 0 aliphatic heterocycles. The number of ketones is 1. The zero-order chi connectivity index (χ0) is 17.9. The van der Waals surface area contributed by atoms with Gasteiger partial charge in [-0.05, 0) is 24.3 Å². The minimum Gasteiger partial charge on any atom is -0.493 e.